The molecule has 0 amide bonds. The molecule has 0 aliphatic carbocycles. The topological polar surface area (TPSA) is 59.1 Å². The zero-order valence-electron chi connectivity index (χ0n) is 13.7. The van der Waals surface area contributed by atoms with Crippen LogP contribution in [0.4, 0.5) is 11.6 Å². The fraction of sp³-hybridized carbons (Fsp3) is 0.750. The minimum atomic E-state index is 0.0302. The highest BCUT2D eigenvalue weighted by molar-refractivity contribution is 5.48. The van der Waals surface area contributed by atoms with Crippen LogP contribution in [-0.4, -0.2) is 34.8 Å². The van der Waals surface area contributed by atoms with Gasteiger partial charge in [0.2, 0.25) is 0 Å². The Kier molecular flexibility index (Phi) is 5.39. The average Bonchev–Trinajstić information content (AvgIpc) is 2.47. The van der Waals surface area contributed by atoms with Crippen LogP contribution in [0.5, 0.6) is 0 Å². The Hall–Kier alpha value is -1.36. The van der Waals surface area contributed by atoms with Gasteiger partial charge in [0.1, 0.15) is 17.5 Å². The summed E-state index contributed by atoms with van der Waals surface area (Å²) in [5, 5.41) is 6.82. The third kappa shape index (κ3) is 4.06. The van der Waals surface area contributed by atoms with Crippen LogP contribution in [0.3, 0.4) is 0 Å². The minimum absolute atomic E-state index is 0.0302. The van der Waals surface area contributed by atoms with E-state index < -0.39 is 0 Å². The summed E-state index contributed by atoms with van der Waals surface area (Å²) in [6.07, 6.45) is 4.20. The van der Waals surface area contributed by atoms with Crippen LogP contribution in [0, 0.1) is 6.92 Å². The first-order valence-electron chi connectivity index (χ1n) is 8.11. The van der Waals surface area contributed by atoms with Crippen LogP contribution < -0.4 is 10.6 Å². The lowest BCUT2D eigenvalue weighted by atomic mass is 9.86. The third-order valence-electron chi connectivity index (χ3n) is 4.33. The highest BCUT2D eigenvalue weighted by Crippen LogP contribution is 2.32. The lowest BCUT2D eigenvalue weighted by Gasteiger charge is -2.40. The molecule has 1 aromatic rings. The molecule has 0 spiro atoms. The number of nitrogens with one attached hydrogen (secondary N) is 2. The van der Waals surface area contributed by atoms with Gasteiger partial charge in [-0.15, -0.1) is 0 Å². The number of aromatic nitrogens is 2. The number of hydrogen-bond acceptors (Lipinski definition) is 5. The summed E-state index contributed by atoms with van der Waals surface area (Å²) in [6, 6.07) is 2.41. The molecule has 2 rings (SSSR count). The third-order valence-corrected chi connectivity index (χ3v) is 4.33. The molecule has 1 fully saturated rings. The normalized spacial score (nSPS) is 21.0. The molecule has 0 saturated carbocycles. The van der Waals surface area contributed by atoms with Crippen molar-refractivity contribution < 1.29 is 4.74 Å². The number of rotatable bonds is 6. The van der Waals surface area contributed by atoms with E-state index in [1.54, 1.807) is 0 Å². The molecule has 0 aromatic carbocycles. The largest absolute Gasteiger partial charge is 0.375 e. The van der Waals surface area contributed by atoms with E-state index in [-0.39, 0.29) is 5.60 Å². The molecule has 1 aromatic heterocycles. The Labute approximate surface area is 127 Å². The molecule has 118 valence electrons. The zero-order valence-corrected chi connectivity index (χ0v) is 13.7. The maximum absolute atomic E-state index is 6.03. The molecule has 1 atom stereocenters. The molecule has 0 bridgehead atoms. The van der Waals surface area contributed by atoms with Crippen molar-refractivity contribution in [1.29, 1.82) is 0 Å². The lowest BCUT2D eigenvalue weighted by Crippen LogP contribution is -2.43. The molecule has 2 N–H and O–H groups in total. The molecule has 1 aliphatic rings. The number of nitrogens with zero attached hydrogens (tertiary/aromatic N) is 2. The Morgan fingerprint density at radius 2 is 1.95 bits per heavy atom. The monoisotopic (exact) mass is 292 g/mol. The molecule has 1 aliphatic heterocycles. The standard InChI is InChI=1S/C16H28N4O/c1-5-16(6-2)11-13(8-9-21-16)20-15-10-14(17-7-3)18-12(4)19-15/h10,13H,5-9,11H2,1-4H3,(H2,17,18,19,20). The van der Waals surface area contributed by atoms with Gasteiger partial charge in [-0.25, -0.2) is 9.97 Å². The van der Waals surface area contributed by atoms with Crippen LogP contribution in [0.2, 0.25) is 0 Å². The molecule has 21 heavy (non-hydrogen) atoms. The Bertz CT molecular complexity index is 460. The van der Waals surface area contributed by atoms with Crippen molar-refractivity contribution in [1.82, 2.24) is 9.97 Å². The van der Waals surface area contributed by atoms with Gasteiger partial charge in [-0.2, -0.15) is 0 Å². The second-order valence-electron chi connectivity index (χ2n) is 5.79. The van der Waals surface area contributed by atoms with Crippen LogP contribution in [-0.2, 0) is 4.74 Å². The van der Waals surface area contributed by atoms with E-state index >= 15 is 0 Å². The maximum Gasteiger partial charge on any atom is 0.132 e. The first-order chi connectivity index (χ1) is 10.1. The van der Waals surface area contributed by atoms with Crippen LogP contribution >= 0.6 is 0 Å². The van der Waals surface area contributed by atoms with E-state index in [1.165, 1.54) is 0 Å². The smallest absolute Gasteiger partial charge is 0.132 e. The van der Waals surface area contributed by atoms with Crippen molar-refractivity contribution in [2.75, 3.05) is 23.8 Å². The van der Waals surface area contributed by atoms with Crippen molar-refractivity contribution in [3.05, 3.63) is 11.9 Å². The van der Waals surface area contributed by atoms with Crippen LogP contribution in [0.25, 0.3) is 0 Å². The van der Waals surface area contributed by atoms with E-state index in [1.807, 2.05) is 13.0 Å². The van der Waals surface area contributed by atoms with Gasteiger partial charge in [0.15, 0.2) is 0 Å². The summed E-state index contributed by atoms with van der Waals surface area (Å²) in [4.78, 5) is 8.90. The number of anilines is 2. The first-order valence-corrected chi connectivity index (χ1v) is 8.11. The Morgan fingerprint density at radius 3 is 2.62 bits per heavy atom. The van der Waals surface area contributed by atoms with Gasteiger partial charge in [0.05, 0.1) is 5.60 Å². The van der Waals surface area contributed by atoms with Gasteiger partial charge < -0.3 is 15.4 Å². The highest BCUT2D eigenvalue weighted by Gasteiger charge is 2.34. The second kappa shape index (κ2) is 7.07. The highest BCUT2D eigenvalue weighted by atomic mass is 16.5. The molecule has 1 unspecified atom stereocenters. The Morgan fingerprint density at radius 1 is 1.24 bits per heavy atom. The van der Waals surface area contributed by atoms with Gasteiger partial charge in [0.25, 0.3) is 0 Å². The minimum Gasteiger partial charge on any atom is -0.375 e. The summed E-state index contributed by atoms with van der Waals surface area (Å²) in [7, 11) is 0. The van der Waals surface area contributed by atoms with Crippen molar-refractivity contribution in [3.63, 3.8) is 0 Å². The van der Waals surface area contributed by atoms with Gasteiger partial charge in [0, 0.05) is 25.3 Å². The quantitative estimate of drug-likeness (QED) is 0.842. The SMILES string of the molecule is CCNc1cc(NC2CCOC(CC)(CC)C2)nc(C)n1. The second-order valence-corrected chi connectivity index (χ2v) is 5.79. The van der Waals surface area contributed by atoms with Crippen LogP contribution in [0.15, 0.2) is 6.07 Å². The summed E-state index contributed by atoms with van der Waals surface area (Å²) in [5.74, 6) is 2.59. The maximum atomic E-state index is 6.03. The summed E-state index contributed by atoms with van der Waals surface area (Å²) in [5.41, 5.74) is 0.0302. The van der Waals surface area contributed by atoms with E-state index in [9.17, 15) is 0 Å². The Balaban J connectivity index is 2.07. The lowest BCUT2D eigenvalue weighted by molar-refractivity contribution is -0.0864. The number of aryl methyl sites for hydroxylation is 1. The molecule has 0 radical (unpaired) electrons. The van der Waals surface area contributed by atoms with E-state index in [4.69, 9.17) is 4.74 Å². The van der Waals surface area contributed by atoms with Gasteiger partial charge in [-0.05, 0) is 39.5 Å². The van der Waals surface area contributed by atoms with Gasteiger partial charge in [-0.3, -0.25) is 0 Å². The van der Waals surface area contributed by atoms with E-state index in [0.29, 0.717) is 6.04 Å². The molecular weight excluding hydrogens is 264 g/mol. The molecule has 5 nitrogen and oxygen atoms in total. The molecule has 2 heterocycles. The van der Waals surface area contributed by atoms with Gasteiger partial charge >= 0.3 is 0 Å². The van der Waals surface area contributed by atoms with E-state index in [2.05, 4.69) is 41.4 Å². The van der Waals surface area contributed by atoms with Crippen molar-refractivity contribution >= 4 is 11.6 Å². The van der Waals surface area contributed by atoms with Gasteiger partial charge in [-0.1, -0.05) is 13.8 Å². The fourth-order valence-electron chi connectivity index (χ4n) is 3.02. The predicted octanol–water partition coefficient (Wildman–Crippen LogP) is 3.37. The van der Waals surface area contributed by atoms with E-state index in [0.717, 1.165) is 56.3 Å². The van der Waals surface area contributed by atoms with Crippen LogP contribution in [0.1, 0.15) is 52.3 Å². The molecule has 5 heteroatoms. The molecular formula is C16H28N4O. The first kappa shape index (κ1) is 16.0. The van der Waals surface area contributed by atoms with Crippen molar-refractivity contribution in [3.8, 4) is 0 Å². The van der Waals surface area contributed by atoms with Crippen molar-refractivity contribution in [2.45, 2.75) is 65.0 Å². The average molecular weight is 292 g/mol. The predicted molar refractivity (Wildman–Crippen MR) is 86.8 cm³/mol. The van der Waals surface area contributed by atoms with Crippen molar-refractivity contribution in [2.24, 2.45) is 0 Å². The zero-order chi connectivity index (χ0) is 15.3. The summed E-state index contributed by atoms with van der Waals surface area (Å²) in [6.45, 7) is 10.1. The fourth-order valence-corrected chi connectivity index (χ4v) is 3.02. The number of ether oxygens (including phenoxy) is 1. The summed E-state index contributed by atoms with van der Waals surface area (Å²) >= 11 is 0. The number of hydrogen-bond donors (Lipinski definition) is 2. The summed E-state index contributed by atoms with van der Waals surface area (Å²) < 4.78 is 6.03. The molecule has 1 saturated heterocycles.